The topological polar surface area (TPSA) is 42.4 Å². The molecule has 5 heteroatoms. The molecule has 0 unspecified atom stereocenters. The van der Waals surface area contributed by atoms with Crippen molar-refractivity contribution in [3.8, 4) is 0 Å². The van der Waals surface area contributed by atoms with Gasteiger partial charge in [0.15, 0.2) is 0 Å². The third kappa shape index (κ3) is 5.79. The molecule has 0 saturated heterocycles. The average molecular weight is 256 g/mol. The van der Waals surface area contributed by atoms with Crippen LogP contribution in [0.3, 0.4) is 0 Å². The first-order chi connectivity index (χ1) is 8.11. The Labute approximate surface area is 107 Å². The number of likely N-dealkylation sites (N-methyl/N-ethyl adjacent to an activating group) is 1. The lowest BCUT2D eigenvalue weighted by Gasteiger charge is -2.06. The molecule has 0 atom stereocenters. The normalized spacial score (nSPS) is 10.8. The molecule has 0 amide bonds. The van der Waals surface area contributed by atoms with Crippen LogP contribution < -0.4 is 0 Å². The molecule has 0 aliphatic heterocycles. The van der Waals surface area contributed by atoms with E-state index in [0.29, 0.717) is 19.4 Å². The number of rotatable bonds is 7. The fourth-order valence-electron chi connectivity index (χ4n) is 1.36. The SMILES string of the molecule is CCOC(=O)CCc1csc(CCN(C)C)n1. The van der Waals surface area contributed by atoms with Crippen LogP contribution in [-0.4, -0.2) is 43.1 Å². The quantitative estimate of drug-likeness (QED) is 0.697. The van der Waals surface area contributed by atoms with Crippen LogP contribution in [0.15, 0.2) is 5.38 Å². The van der Waals surface area contributed by atoms with Gasteiger partial charge in [0.2, 0.25) is 0 Å². The van der Waals surface area contributed by atoms with Crippen molar-refractivity contribution in [2.75, 3.05) is 27.2 Å². The first kappa shape index (κ1) is 14.1. The summed E-state index contributed by atoms with van der Waals surface area (Å²) in [7, 11) is 4.10. The van der Waals surface area contributed by atoms with Gasteiger partial charge in [0.05, 0.1) is 23.7 Å². The van der Waals surface area contributed by atoms with E-state index >= 15 is 0 Å². The van der Waals surface area contributed by atoms with E-state index in [9.17, 15) is 4.79 Å². The lowest BCUT2D eigenvalue weighted by molar-refractivity contribution is -0.143. The number of carbonyl (C=O) groups excluding carboxylic acids is 1. The monoisotopic (exact) mass is 256 g/mol. The van der Waals surface area contributed by atoms with Gasteiger partial charge >= 0.3 is 5.97 Å². The van der Waals surface area contributed by atoms with Gasteiger partial charge in [0, 0.05) is 24.8 Å². The lowest BCUT2D eigenvalue weighted by atomic mass is 10.2. The van der Waals surface area contributed by atoms with E-state index in [1.165, 1.54) is 0 Å². The summed E-state index contributed by atoms with van der Waals surface area (Å²) in [6.45, 7) is 3.27. The molecule has 0 aliphatic carbocycles. The molecule has 0 aliphatic rings. The lowest BCUT2D eigenvalue weighted by Crippen LogP contribution is -2.15. The molecule has 17 heavy (non-hydrogen) atoms. The number of nitrogens with zero attached hydrogens (tertiary/aromatic N) is 2. The predicted molar refractivity (Wildman–Crippen MR) is 69.3 cm³/mol. The minimum absolute atomic E-state index is 0.143. The Hall–Kier alpha value is -0.940. The van der Waals surface area contributed by atoms with Crippen molar-refractivity contribution in [3.63, 3.8) is 0 Å². The van der Waals surface area contributed by atoms with Gasteiger partial charge in [0.25, 0.3) is 0 Å². The minimum atomic E-state index is -0.143. The molecule has 96 valence electrons. The van der Waals surface area contributed by atoms with Gasteiger partial charge in [-0.2, -0.15) is 0 Å². The standard InChI is InChI=1S/C12H20N2O2S/c1-4-16-12(15)6-5-10-9-17-11(13-10)7-8-14(2)3/h9H,4-8H2,1-3H3. The summed E-state index contributed by atoms with van der Waals surface area (Å²) in [6.07, 6.45) is 2.07. The maximum absolute atomic E-state index is 11.2. The largest absolute Gasteiger partial charge is 0.466 e. The highest BCUT2D eigenvalue weighted by Gasteiger charge is 2.06. The molecule has 0 spiro atoms. The zero-order chi connectivity index (χ0) is 12.7. The van der Waals surface area contributed by atoms with Crippen LogP contribution in [-0.2, 0) is 22.4 Å². The highest BCUT2D eigenvalue weighted by atomic mass is 32.1. The van der Waals surface area contributed by atoms with Crippen LogP contribution in [0.1, 0.15) is 24.0 Å². The summed E-state index contributed by atoms with van der Waals surface area (Å²) in [5.41, 5.74) is 0.997. The molecular formula is C12H20N2O2S. The highest BCUT2D eigenvalue weighted by molar-refractivity contribution is 7.09. The molecule has 1 heterocycles. The number of hydrogen-bond acceptors (Lipinski definition) is 5. The molecule has 1 rings (SSSR count). The Kier molecular flexibility index (Phi) is 6.15. The Morgan fingerprint density at radius 3 is 2.88 bits per heavy atom. The smallest absolute Gasteiger partial charge is 0.306 e. The van der Waals surface area contributed by atoms with Crippen molar-refractivity contribution >= 4 is 17.3 Å². The predicted octanol–water partition coefficient (Wildman–Crippen LogP) is 1.74. The zero-order valence-electron chi connectivity index (χ0n) is 10.7. The Morgan fingerprint density at radius 2 is 2.24 bits per heavy atom. The Morgan fingerprint density at radius 1 is 1.47 bits per heavy atom. The van der Waals surface area contributed by atoms with E-state index < -0.39 is 0 Å². The number of hydrogen-bond donors (Lipinski definition) is 0. The van der Waals surface area contributed by atoms with Crippen molar-refractivity contribution < 1.29 is 9.53 Å². The van der Waals surface area contributed by atoms with Gasteiger partial charge in [0.1, 0.15) is 0 Å². The second kappa shape index (κ2) is 7.40. The molecule has 1 aromatic heterocycles. The summed E-state index contributed by atoms with van der Waals surface area (Å²) >= 11 is 1.67. The summed E-state index contributed by atoms with van der Waals surface area (Å²) in [4.78, 5) is 17.8. The van der Waals surface area contributed by atoms with Crippen LogP contribution in [0.5, 0.6) is 0 Å². The highest BCUT2D eigenvalue weighted by Crippen LogP contribution is 2.12. The molecular weight excluding hydrogens is 236 g/mol. The first-order valence-electron chi connectivity index (χ1n) is 5.85. The Balaban J connectivity index is 2.32. The number of aryl methyl sites for hydroxylation is 1. The second-order valence-electron chi connectivity index (χ2n) is 4.09. The molecule has 4 nitrogen and oxygen atoms in total. The summed E-state index contributed by atoms with van der Waals surface area (Å²) in [5.74, 6) is -0.143. The van der Waals surface area contributed by atoms with Crippen molar-refractivity contribution in [2.24, 2.45) is 0 Å². The molecule has 0 aromatic carbocycles. The first-order valence-corrected chi connectivity index (χ1v) is 6.73. The van der Waals surface area contributed by atoms with Crippen LogP contribution in [0.2, 0.25) is 0 Å². The van der Waals surface area contributed by atoms with Gasteiger partial charge in [-0.15, -0.1) is 11.3 Å². The number of thiazole rings is 1. The second-order valence-corrected chi connectivity index (χ2v) is 5.03. The van der Waals surface area contributed by atoms with Gasteiger partial charge in [-0.1, -0.05) is 0 Å². The van der Waals surface area contributed by atoms with Crippen molar-refractivity contribution in [2.45, 2.75) is 26.2 Å². The number of esters is 1. The van der Waals surface area contributed by atoms with E-state index in [2.05, 4.69) is 24.0 Å². The van der Waals surface area contributed by atoms with Crippen LogP contribution in [0.25, 0.3) is 0 Å². The Bertz CT molecular complexity index is 350. The number of aromatic nitrogens is 1. The van der Waals surface area contributed by atoms with Crippen molar-refractivity contribution in [3.05, 3.63) is 16.1 Å². The fraction of sp³-hybridized carbons (Fsp3) is 0.667. The van der Waals surface area contributed by atoms with Gasteiger partial charge in [-0.3, -0.25) is 4.79 Å². The molecule has 0 radical (unpaired) electrons. The van der Waals surface area contributed by atoms with Crippen LogP contribution in [0.4, 0.5) is 0 Å². The minimum Gasteiger partial charge on any atom is -0.466 e. The average Bonchev–Trinajstić information content (AvgIpc) is 2.72. The third-order valence-electron chi connectivity index (χ3n) is 2.26. The molecule has 1 aromatic rings. The van der Waals surface area contributed by atoms with Gasteiger partial charge in [-0.25, -0.2) is 4.98 Å². The van der Waals surface area contributed by atoms with Gasteiger partial charge < -0.3 is 9.64 Å². The maximum atomic E-state index is 11.2. The van der Waals surface area contributed by atoms with E-state index in [0.717, 1.165) is 23.7 Å². The van der Waals surface area contributed by atoms with Crippen LogP contribution >= 0.6 is 11.3 Å². The molecule has 0 N–H and O–H groups in total. The molecule has 0 saturated carbocycles. The summed E-state index contributed by atoms with van der Waals surface area (Å²) in [6, 6.07) is 0. The van der Waals surface area contributed by atoms with E-state index in [4.69, 9.17) is 4.74 Å². The van der Waals surface area contributed by atoms with Crippen molar-refractivity contribution in [1.82, 2.24) is 9.88 Å². The van der Waals surface area contributed by atoms with E-state index in [-0.39, 0.29) is 5.97 Å². The third-order valence-corrected chi connectivity index (χ3v) is 3.22. The fourth-order valence-corrected chi connectivity index (χ4v) is 2.18. The molecule has 0 fully saturated rings. The van der Waals surface area contributed by atoms with Crippen LogP contribution in [0, 0.1) is 0 Å². The van der Waals surface area contributed by atoms with E-state index in [1.807, 2.05) is 12.3 Å². The maximum Gasteiger partial charge on any atom is 0.306 e. The number of ether oxygens (including phenoxy) is 1. The zero-order valence-corrected chi connectivity index (χ0v) is 11.5. The molecule has 0 bridgehead atoms. The van der Waals surface area contributed by atoms with Crippen molar-refractivity contribution in [1.29, 1.82) is 0 Å². The number of carbonyl (C=O) groups is 1. The summed E-state index contributed by atoms with van der Waals surface area (Å²) in [5, 5.41) is 3.17. The van der Waals surface area contributed by atoms with E-state index in [1.54, 1.807) is 11.3 Å². The summed E-state index contributed by atoms with van der Waals surface area (Å²) < 4.78 is 4.88. The van der Waals surface area contributed by atoms with Gasteiger partial charge in [-0.05, 0) is 21.0 Å².